The summed E-state index contributed by atoms with van der Waals surface area (Å²) in [5, 5.41) is 0. The zero-order chi connectivity index (χ0) is 16.7. The zero-order valence-electron chi connectivity index (χ0n) is 14.6. The van der Waals surface area contributed by atoms with Crippen molar-refractivity contribution >= 4 is 11.6 Å². The fourth-order valence-corrected chi connectivity index (χ4v) is 3.74. The molecule has 1 fully saturated rings. The third-order valence-electron chi connectivity index (χ3n) is 5.18. The van der Waals surface area contributed by atoms with E-state index in [1.54, 1.807) is 0 Å². The van der Waals surface area contributed by atoms with Crippen molar-refractivity contribution in [3.8, 4) is 0 Å². The maximum atomic E-state index is 11.9. The van der Waals surface area contributed by atoms with Gasteiger partial charge >= 0.3 is 0 Å². The Balaban J connectivity index is 1.84. The molecule has 0 heterocycles. The van der Waals surface area contributed by atoms with Gasteiger partial charge in [-0.15, -0.1) is 0 Å². The molecule has 0 radical (unpaired) electrons. The van der Waals surface area contributed by atoms with Gasteiger partial charge in [-0.05, 0) is 50.0 Å². The van der Waals surface area contributed by atoms with Crippen LogP contribution in [0.3, 0.4) is 0 Å². The number of benzene rings is 1. The highest BCUT2D eigenvalue weighted by Gasteiger charge is 2.22. The van der Waals surface area contributed by atoms with Crippen molar-refractivity contribution in [1.82, 2.24) is 0 Å². The highest BCUT2D eigenvalue weighted by Crippen LogP contribution is 2.37. The number of carbonyl (C=O) groups excluding carboxylic acids is 2. The number of rotatable bonds is 8. The SMILES string of the molecule is CCCCCC1CCC(c2ccc(C(=O)CC(C)=O)cc2)CC1. The molecule has 0 N–H and O–H groups in total. The van der Waals surface area contributed by atoms with E-state index in [0.717, 1.165) is 5.92 Å². The molecule has 0 amide bonds. The number of unbranched alkanes of at least 4 members (excludes halogenated alkanes) is 2. The van der Waals surface area contributed by atoms with Crippen molar-refractivity contribution in [2.75, 3.05) is 0 Å². The Morgan fingerprint density at radius 2 is 1.65 bits per heavy atom. The fourth-order valence-electron chi connectivity index (χ4n) is 3.74. The summed E-state index contributed by atoms with van der Waals surface area (Å²) >= 11 is 0. The molecule has 1 aliphatic carbocycles. The number of hydrogen-bond acceptors (Lipinski definition) is 2. The van der Waals surface area contributed by atoms with Gasteiger partial charge in [-0.3, -0.25) is 9.59 Å². The summed E-state index contributed by atoms with van der Waals surface area (Å²) in [6.45, 7) is 3.73. The molecule has 0 atom stereocenters. The molecule has 2 nitrogen and oxygen atoms in total. The Bertz CT molecular complexity index is 507. The van der Waals surface area contributed by atoms with Gasteiger partial charge in [-0.2, -0.15) is 0 Å². The maximum Gasteiger partial charge on any atom is 0.170 e. The van der Waals surface area contributed by atoms with Crippen molar-refractivity contribution < 1.29 is 9.59 Å². The lowest BCUT2D eigenvalue weighted by Gasteiger charge is -2.29. The first-order valence-corrected chi connectivity index (χ1v) is 9.22. The van der Waals surface area contributed by atoms with Crippen LogP contribution in [0.5, 0.6) is 0 Å². The molecule has 1 aliphatic rings. The Morgan fingerprint density at radius 1 is 1.00 bits per heavy atom. The molecule has 0 bridgehead atoms. The zero-order valence-corrected chi connectivity index (χ0v) is 14.6. The molecule has 0 aromatic heterocycles. The second-order valence-electron chi connectivity index (χ2n) is 7.14. The normalized spacial score (nSPS) is 21.1. The number of Topliss-reactive ketones (excluding diaryl/α,β-unsaturated/α-hetero) is 2. The predicted octanol–water partition coefficient (Wildman–Crippen LogP) is 5.70. The largest absolute Gasteiger partial charge is 0.300 e. The summed E-state index contributed by atoms with van der Waals surface area (Å²) in [5.41, 5.74) is 2.02. The molecule has 2 heteroatoms. The minimum Gasteiger partial charge on any atom is -0.300 e. The van der Waals surface area contributed by atoms with Crippen LogP contribution in [0.2, 0.25) is 0 Å². The monoisotopic (exact) mass is 314 g/mol. The number of carbonyl (C=O) groups is 2. The van der Waals surface area contributed by atoms with Crippen molar-refractivity contribution in [2.45, 2.75) is 77.6 Å². The van der Waals surface area contributed by atoms with E-state index in [1.807, 2.05) is 12.1 Å². The van der Waals surface area contributed by atoms with E-state index in [1.165, 1.54) is 63.9 Å². The topological polar surface area (TPSA) is 34.1 Å². The van der Waals surface area contributed by atoms with Crippen molar-refractivity contribution in [3.63, 3.8) is 0 Å². The van der Waals surface area contributed by atoms with E-state index in [0.29, 0.717) is 11.5 Å². The van der Waals surface area contributed by atoms with E-state index in [4.69, 9.17) is 0 Å². The predicted molar refractivity (Wildman–Crippen MR) is 94.9 cm³/mol. The van der Waals surface area contributed by atoms with E-state index >= 15 is 0 Å². The van der Waals surface area contributed by atoms with Crippen LogP contribution in [0, 0.1) is 5.92 Å². The van der Waals surface area contributed by atoms with Gasteiger partial charge in [0.05, 0.1) is 6.42 Å². The van der Waals surface area contributed by atoms with Gasteiger partial charge in [0, 0.05) is 5.56 Å². The Hall–Kier alpha value is -1.44. The Kier molecular flexibility index (Phi) is 7.01. The van der Waals surface area contributed by atoms with Crippen LogP contribution in [0.15, 0.2) is 24.3 Å². The summed E-state index contributed by atoms with van der Waals surface area (Å²) in [6.07, 6.45) is 10.7. The van der Waals surface area contributed by atoms with Crippen molar-refractivity contribution in [3.05, 3.63) is 35.4 Å². The van der Waals surface area contributed by atoms with E-state index in [9.17, 15) is 9.59 Å². The molecule has 126 valence electrons. The molecule has 1 aromatic rings. The maximum absolute atomic E-state index is 11.9. The van der Waals surface area contributed by atoms with E-state index < -0.39 is 0 Å². The van der Waals surface area contributed by atoms with Gasteiger partial charge in [0.1, 0.15) is 5.78 Å². The lowest BCUT2D eigenvalue weighted by Crippen LogP contribution is -2.13. The lowest BCUT2D eigenvalue weighted by atomic mass is 9.77. The van der Waals surface area contributed by atoms with Crippen molar-refractivity contribution in [1.29, 1.82) is 0 Å². The summed E-state index contributed by atoms with van der Waals surface area (Å²) in [5.74, 6) is 1.44. The Morgan fingerprint density at radius 3 is 2.22 bits per heavy atom. The molecular formula is C21H30O2. The molecule has 0 aliphatic heterocycles. The summed E-state index contributed by atoms with van der Waals surface area (Å²) in [4.78, 5) is 22.9. The second kappa shape index (κ2) is 9.00. The quantitative estimate of drug-likeness (QED) is 0.350. The molecule has 1 aromatic carbocycles. The van der Waals surface area contributed by atoms with Gasteiger partial charge in [0.2, 0.25) is 0 Å². The van der Waals surface area contributed by atoms with Crippen LogP contribution >= 0.6 is 0 Å². The lowest BCUT2D eigenvalue weighted by molar-refractivity contribution is -0.116. The molecule has 0 saturated heterocycles. The fraction of sp³-hybridized carbons (Fsp3) is 0.619. The van der Waals surface area contributed by atoms with E-state index in [-0.39, 0.29) is 18.0 Å². The molecule has 0 unspecified atom stereocenters. The second-order valence-corrected chi connectivity index (χ2v) is 7.14. The summed E-state index contributed by atoms with van der Waals surface area (Å²) in [6, 6.07) is 7.98. The minimum absolute atomic E-state index is 0.0161. The first-order valence-electron chi connectivity index (χ1n) is 9.22. The number of ketones is 2. The van der Waals surface area contributed by atoms with Gasteiger partial charge in [0.15, 0.2) is 5.78 Å². The highest BCUT2D eigenvalue weighted by atomic mass is 16.1. The first-order chi connectivity index (χ1) is 11.1. The van der Waals surface area contributed by atoms with Gasteiger partial charge in [0.25, 0.3) is 0 Å². The first kappa shape index (κ1) is 17.9. The summed E-state index contributed by atoms with van der Waals surface area (Å²) < 4.78 is 0. The van der Waals surface area contributed by atoms with Crippen LogP contribution in [0.1, 0.15) is 93.5 Å². The average Bonchev–Trinajstić information content (AvgIpc) is 2.55. The van der Waals surface area contributed by atoms with Crippen LogP contribution in [0.4, 0.5) is 0 Å². The van der Waals surface area contributed by atoms with Gasteiger partial charge in [-0.25, -0.2) is 0 Å². The van der Waals surface area contributed by atoms with Gasteiger partial charge < -0.3 is 0 Å². The van der Waals surface area contributed by atoms with Crippen LogP contribution in [-0.2, 0) is 4.79 Å². The molecule has 1 saturated carbocycles. The average molecular weight is 314 g/mol. The van der Waals surface area contributed by atoms with E-state index in [2.05, 4.69) is 19.1 Å². The standard InChI is InChI=1S/C21H30O2/c1-3-4-5-6-17-7-9-18(10-8-17)19-11-13-20(14-12-19)21(23)15-16(2)22/h11-14,17-18H,3-10,15H2,1-2H3. The van der Waals surface area contributed by atoms with Crippen LogP contribution < -0.4 is 0 Å². The smallest absolute Gasteiger partial charge is 0.170 e. The van der Waals surface area contributed by atoms with Crippen LogP contribution in [0.25, 0.3) is 0 Å². The summed E-state index contributed by atoms with van der Waals surface area (Å²) in [7, 11) is 0. The Labute approximate surface area is 140 Å². The minimum atomic E-state index is -0.0690. The highest BCUT2D eigenvalue weighted by molar-refractivity contribution is 6.07. The van der Waals surface area contributed by atoms with Gasteiger partial charge in [-0.1, -0.05) is 56.9 Å². The molecular weight excluding hydrogens is 284 g/mol. The third-order valence-corrected chi connectivity index (χ3v) is 5.18. The van der Waals surface area contributed by atoms with Crippen molar-refractivity contribution in [2.24, 2.45) is 5.92 Å². The molecule has 2 rings (SSSR count). The third kappa shape index (κ3) is 5.60. The number of hydrogen-bond donors (Lipinski definition) is 0. The van der Waals surface area contributed by atoms with Crippen LogP contribution in [-0.4, -0.2) is 11.6 Å². The molecule has 23 heavy (non-hydrogen) atoms. The molecule has 0 spiro atoms.